The molecule has 4 heteroatoms. The molecule has 3 aromatic rings. The van der Waals surface area contributed by atoms with Crippen molar-refractivity contribution in [2.24, 2.45) is 7.05 Å². The molecular weight excluding hydrogens is 250 g/mol. The summed E-state index contributed by atoms with van der Waals surface area (Å²) in [6.45, 7) is 0.852. The summed E-state index contributed by atoms with van der Waals surface area (Å²) in [6, 6.07) is 10.8. The van der Waals surface area contributed by atoms with Gasteiger partial charge in [0, 0.05) is 36.8 Å². The Kier molecular flexibility index (Phi) is 2.63. The average Bonchev–Trinajstić information content (AvgIpc) is 3.05. The third-order valence-corrected chi connectivity index (χ3v) is 3.72. The van der Waals surface area contributed by atoms with E-state index in [0.29, 0.717) is 6.04 Å². The molecule has 0 radical (unpaired) electrons. The van der Waals surface area contributed by atoms with Crippen molar-refractivity contribution in [3.8, 4) is 11.5 Å². The molecule has 1 aliphatic rings. The molecule has 1 saturated carbocycles. The number of nitrogens with one attached hydrogen (secondary N) is 1. The van der Waals surface area contributed by atoms with Gasteiger partial charge in [-0.05, 0) is 25.0 Å². The van der Waals surface area contributed by atoms with Crippen LogP contribution in [0.3, 0.4) is 0 Å². The molecule has 4 rings (SSSR count). The number of hydrogen-bond acceptors (Lipinski definition) is 3. The number of rotatable bonds is 4. The topological polar surface area (TPSA) is 43.0 Å². The van der Waals surface area contributed by atoms with E-state index < -0.39 is 0 Å². The highest BCUT2D eigenvalue weighted by Gasteiger charge is 2.22. The number of nitrogens with zero attached hydrogens (tertiary/aromatic N) is 2. The van der Waals surface area contributed by atoms with E-state index in [4.69, 9.17) is 4.42 Å². The van der Waals surface area contributed by atoms with Crippen molar-refractivity contribution in [3.05, 3.63) is 42.1 Å². The molecule has 1 N–H and O–H groups in total. The molecule has 2 aromatic heterocycles. The maximum atomic E-state index is 5.93. The lowest BCUT2D eigenvalue weighted by Gasteiger charge is -2.01. The first-order valence-corrected chi connectivity index (χ1v) is 7.04. The summed E-state index contributed by atoms with van der Waals surface area (Å²) in [6.07, 6.45) is 4.65. The number of fused-ring (bicyclic) bond motifs is 1. The molecule has 0 amide bonds. The van der Waals surface area contributed by atoms with Gasteiger partial charge in [-0.25, -0.2) is 0 Å². The molecule has 0 bridgehead atoms. The van der Waals surface area contributed by atoms with Crippen molar-refractivity contribution < 1.29 is 4.42 Å². The molecule has 0 saturated heterocycles. The smallest absolute Gasteiger partial charge is 0.156 e. The lowest BCUT2D eigenvalue weighted by atomic mass is 10.2. The number of aryl methyl sites for hydroxylation is 1. The van der Waals surface area contributed by atoms with Crippen LogP contribution in [0.15, 0.2) is 40.9 Å². The second-order valence-corrected chi connectivity index (χ2v) is 5.48. The Morgan fingerprint density at radius 2 is 2.20 bits per heavy atom. The van der Waals surface area contributed by atoms with Gasteiger partial charge in [0.2, 0.25) is 0 Å². The van der Waals surface area contributed by atoms with E-state index in [1.165, 1.54) is 18.4 Å². The van der Waals surface area contributed by atoms with Crippen molar-refractivity contribution in [1.82, 2.24) is 15.1 Å². The van der Waals surface area contributed by atoms with Gasteiger partial charge in [0.25, 0.3) is 0 Å². The molecule has 1 aliphatic carbocycles. The van der Waals surface area contributed by atoms with E-state index in [0.717, 1.165) is 29.0 Å². The fraction of sp³-hybridized carbons (Fsp3) is 0.312. The fourth-order valence-electron chi connectivity index (χ4n) is 2.51. The summed E-state index contributed by atoms with van der Waals surface area (Å²) in [5.41, 5.74) is 3.05. The van der Waals surface area contributed by atoms with E-state index in [9.17, 15) is 0 Å². The first kappa shape index (κ1) is 11.7. The van der Waals surface area contributed by atoms with Gasteiger partial charge < -0.3 is 9.73 Å². The Labute approximate surface area is 117 Å². The second-order valence-electron chi connectivity index (χ2n) is 5.48. The Bertz CT molecular complexity index is 719. The van der Waals surface area contributed by atoms with Gasteiger partial charge in [0.05, 0.1) is 0 Å². The molecule has 0 atom stereocenters. The van der Waals surface area contributed by atoms with Crippen molar-refractivity contribution >= 4 is 11.0 Å². The largest absolute Gasteiger partial charge is 0.454 e. The predicted molar refractivity (Wildman–Crippen MR) is 78.3 cm³/mol. The first-order valence-electron chi connectivity index (χ1n) is 7.04. The number of benzene rings is 1. The molecule has 0 unspecified atom stereocenters. The minimum atomic E-state index is 0.693. The molecule has 20 heavy (non-hydrogen) atoms. The van der Waals surface area contributed by atoms with Crippen LogP contribution < -0.4 is 5.32 Å². The Hall–Kier alpha value is -2.07. The van der Waals surface area contributed by atoms with Crippen LogP contribution >= 0.6 is 0 Å². The summed E-state index contributed by atoms with van der Waals surface area (Å²) < 4.78 is 7.78. The van der Waals surface area contributed by atoms with Crippen molar-refractivity contribution in [3.63, 3.8) is 0 Å². The molecule has 4 nitrogen and oxygen atoms in total. The quantitative estimate of drug-likeness (QED) is 0.790. The Morgan fingerprint density at radius 1 is 1.35 bits per heavy atom. The van der Waals surface area contributed by atoms with Gasteiger partial charge in [0.1, 0.15) is 11.3 Å². The van der Waals surface area contributed by atoms with Crippen LogP contribution in [0.2, 0.25) is 0 Å². The third-order valence-electron chi connectivity index (χ3n) is 3.72. The highest BCUT2D eigenvalue weighted by Crippen LogP contribution is 2.29. The van der Waals surface area contributed by atoms with Crippen molar-refractivity contribution in [2.45, 2.75) is 25.4 Å². The van der Waals surface area contributed by atoms with Crippen LogP contribution in [0, 0.1) is 0 Å². The average molecular weight is 267 g/mol. The summed E-state index contributed by atoms with van der Waals surface area (Å²) in [5.74, 6) is 0.847. The van der Waals surface area contributed by atoms with E-state index in [-0.39, 0.29) is 0 Å². The monoisotopic (exact) mass is 267 g/mol. The zero-order valence-electron chi connectivity index (χ0n) is 11.5. The zero-order valence-corrected chi connectivity index (χ0v) is 11.5. The molecule has 102 valence electrons. The maximum absolute atomic E-state index is 5.93. The van der Waals surface area contributed by atoms with E-state index in [1.54, 1.807) is 0 Å². The summed E-state index contributed by atoms with van der Waals surface area (Å²) >= 11 is 0. The number of para-hydroxylation sites is 1. The maximum Gasteiger partial charge on any atom is 0.156 e. The van der Waals surface area contributed by atoms with E-state index >= 15 is 0 Å². The second kappa shape index (κ2) is 4.49. The lowest BCUT2D eigenvalue weighted by Crippen LogP contribution is -2.15. The van der Waals surface area contributed by atoms with Crippen molar-refractivity contribution in [1.29, 1.82) is 0 Å². The highest BCUT2D eigenvalue weighted by atomic mass is 16.3. The Morgan fingerprint density at radius 3 is 3.00 bits per heavy atom. The van der Waals surface area contributed by atoms with Gasteiger partial charge in [0.15, 0.2) is 5.76 Å². The van der Waals surface area contributed by atoms with Crippen LogP contribution in [0.5, 0.6) is 0 Å². The van der Waals surface area contributed by atoms with Crippen LogP contribution in [0.4, 0.5) is 0 Å². The van der Waals surface area contributed by atoms with Crippen LogP contribution in [-0.4, -0.2) is 15.8 Å². The number of furan rings is 1. The highest BCUT2D eigenvalue weighted by molar-refractivity contribution is 5.82. The summed E-state index contributed by atoms with van der Waals surface area (Å²) in [7, 11) is 1.95. The SMILES string of the molecule is Cn1cc(CNC2CC2)c(-c2cc3ccccc3o2)n1. The molecular formula is C16H17N3O. The Balaban J connectivity index is 1.72. The molecule has 1 fully saturated rings. The van der Waals surface area contributed by atoms with Gasteiger partial charge in [-0.3, -0.25) is 4.68 Å². The van der Waals surface area contributed by atoms with Gasteiger partial charge in [-0.2, -0.15) is 5.10 Å². The van der Waals surface area contributed by atoms with E-state index in [1.807, 2.05) is 29.9 Å². The normalized spacial score (nSPS) is 15.1. The molecule has 2 heterocycles. The van der Waals surface area contributed by atoms with E-state index in [2.05, 4.69) is 28.7 Å². The minimum Gasteiger partial charge on any atom is -0.454 e. The molecule has 1 aromatic carbocycles. The molecule has 0 spiro atoms. The van der Waals surface area contributed by atoms with Crippen molar-refractivity contribution in [2.75, 3.05) is 0 Å². The van der Waals surface area contributed by atoms with Gasteiger partial charge in [-0.15, -0.1) is 0 Å². The van der Waals surface area contributed by atoms with Gasteiger partial charge >= 0.3 is 0 Å². The predicted octanol–water partition coefficient (Wildman–Crippen LogP) is 3.09. The minimum absolute atomic E-state index is 0.693. The standard InChI is InChI=1S/C16H17N3O/c1-19-10-12(9-17-13-6-7-13)16(18-19)15-8-11-4-2-3-5-14(11)20-15/h2-5,8,10,13,17H,6-7,9H2,1H3. The summed E-state index contributed by atoms with van der Waals surface area (Å²) in [5, 5.41) is 9.21. The van der Waals surface area contributed by atoms with Crippen LogP contribution in [0.1, 0.15) is 18.4 Å². The number of aromatic nitrogens is 2. The lowest BCUT2D eigenvalue weighted by molar-refractivity contribution is 0.622. The van der Waals surface area contributed by atoms with Crippen LogP contribution in [0.25, 0.3) is 22.4 Å². The summed E-state index contributed by atoms with van der Waals surface area (Å²) in [4.78, 5) is 0. The zero-order chi connectivity index (χ0) is 13.5. The first-order chi connectivity index (χ1) is 9.79. The number of hydrogen-bond donors (Lipinski definition) is 1. The molecule has 0 aliphatic heterocycles. The fourth-order valence-corrected chi connectivity index (χ4v) is 2.51. The third kappa shape index (κ3) is 2.12. The van der Waals surface area contributed by atoms with Gasteiger partial charge in [-0.1, -0.05) is 18.2 Å². The van der Waals surface area contributed by atoms with Crippen LogP contribution in [-0.2, 0) is 13.6 Å².